The average molecular weight is 328 g/mol. The van der Waals surface area contributed by atoms with Gasteiger partial charge in [0.1, 0.15) is 0 Å². The third kappa shape index (κ3) is 3.42. The van der Waals surface area contributed by atoms with Crippen LogP contribution in [0.25, 0.3) is 0 Å². The van der Waals surface area contributed by atoms with Gasteiger partial charge in [0.25, 0.3) is 11.4 Å². The van der Waals surface area contributed by atoms with Crippen LogP contribution in [0.3, 0.4) is 0 Å². The fraction of sp³-hybridized carbons (Fsp3) is 0.333. The van der Waals surface area contributed by atoms with Crippen LogP contribution in [0.5, 0.6) is 0 Å². The van der Waals surface area contributed by atoms with Crippen molar-refractivity contribution in [2.75, 3.05) is 0 Å². The molecule has 2 aromatic rings. The van der Waals surface area contributed by atoms with E-state index in [-0.39, 0.29) is 27.1 Å². The number of aryl methyl sites for hydroxylation is 2. The maximum absolute atomic E-state index is 11.1. The molecule has 2 rings (SSSR count). The molecule has 0 bridgehead atoms. The summed E-state index contributed by atoms with van der Waals surface area (Å²) >= 11 is 0. The average Bonchev–Trinajstić information content (AvgIpc) is 2.59. The van der Waals surface area contributed by atoms with E-state index in [1.807, 2.05) is 32.9 Å². The summed E-state index contributed by atoms with van der Waals surface area (Å²) in [5.41, 5.74) is 3.59. The molecule has 0 saturated heterocycles. The van der Waals surface area contributed by atoms with Gasteiger partial charge in [-0.25, -0.2) is 0 Å². The van der Waals surface area contributed by atoms with E-state index < -0.39 is 0 Å². The molecular weight excluding hydrogens is 308 g/mol. The second-order valence-electron chi connectivity index (χ2n) is 5.72. The second kappa shape index (κ2) is 7.21. The number of nitro groups is 2. The Morgan fingerprint density at radius 2 is 1.21 bits per heavy atom. The Bertz CT molecular complexity index is 721. The highest BCUT2D eigenvalue weighted by Gasteiger charge is 2.18. The zero-order valence-corrected chi connectivity index (χ0v) is 14.0. The van der Waals surface area contributed by atoms with Crippen LogP contribution in [-0.4, -0.2) is 9.85 Å². The molecule has 24 heavy (non-hydrogen) atoms. The van der Waals surface area contributed by atoms with Crippen molar-refractivity contribution in [1.82, 2.24) is 0 Å². The van der Waals surface area contributed by atoms with Gasteiger partial charge in [-0.05, 0) is 36.1 Å². The third-order valence-corrected chi connectivity index (χ3v) is 4.36. The van der Waals surface area contributed by atoms with Crippen molar-refractivity contribution >= 4 is 11.4 Å². The van der Waals surface area contributed by atoms with E-state index in [9.17, 15) is 20.2 Å². The molecule has 0 radical (unpaired) electrons. The molecule has 0 unspecified atom stereocenters. The highest BCUT2D eigenvalue weighted by atomic mass is 16.6. The summed E-state index contributed by atoms with van der Waals surface area (Å²) in [7, 11) is 0. The fourth-order valence-electron chi connectivity index (χ4n) is 2.86. The minimum absolute atomic E-state index is 0.00204. The molecule has 0 spiro atoms. The van der Waals surface area contributed by atoms with Crippen molar-refractivity contribution in [1.29, 1.82) is 0 Å². The first-order chi connectivity index (χ1) is 11.4. The van der Waals surface area contributed by atoms with E-state index >= 15 is 0 Å². The van der Waals surface area contributed by atoms with Gasteiger partial charge in [0.15, 0.2) is 0 Å². The summed E-state index contributed by atoms with van der Waals surface area (Å²) in [6.45, 7) is 5.77. The number of benzene rings is 2. The lowest BCUT2D eigenvalue weighted by Gasteiger charge is -2.15. The van der Waals surface area contributed by atoms with Gasteiger partial charge >= 0.3 is 0 Å². The third-order valence-electron chi connectivity index (χ3n) is 4.36. The first kappa shape index (κ1) is 17.6. The van der Waals surface area contributed by atoms with Crippen LogP contribution in [0.1, 0.15) is 48.9 Å². The molecule has 0 aliphatic rings. The molecule has 0 aliphatic carbocycles. The van der Waals surface area contributed by atoms with Crippen molar-refractivity contribution in [3.8, 4) is 0 Å². The van der Waals surface area contributed by atoms with Crippen LogP contribution >= 0.6 is 0 Å². The first-order valence-electron chi connectivity index (χ1n) is 7.93. The summed E-state index contributed by atoms with van der Waals surface area (Å²) in [4.78, 5) is 21.4. The molecule has 0 heterocycles. The van der Waals surface area contributed by atoms with Crippen molar-refractivity contribution in [3.63, 3.8) is 0 Å². The van der Waals surface area contributed by atoms with E-state index in [1.165, 1.54) is 12.1 Å². The molecule has 126 valence electrons. The van der Waals surface area contributed by atoms with Gasteiger partial charge in [-0.3, -0.25) is 20.2 Å². The molecule has 0 fully saturated rings. The number of hydrogen-bond acceptors (Lipinski definition) is 4. The van der Waals surface area contributed by atoms with Gasteiger partial charge in [0.05, 0.1) is 9.85 Å². The highest BCUT2D eigenvalue weighted by Crippen LogP contribution is 2.31. The molecule has 0 N–H and O–H groups in total. The lowest BCUT2D eigenvalue weighted by Crippen LogP contribution is -2.02. The van der Waals surface area contributed by atoms with Crippen molar-refractivity contribution in [2.24, 2.45) is 0 Å². The molecule has 6 heteroatoms. The Balaban J connectivity index is 2.43. The van der Waals surface area contributed by atoms with Gasteiger partial charge in [0, 0.05) is 29.2 Å². The quantitative estimate of drug-likeness (QED) is 0.564. The Morgan fingerprint density at radius 1 is 0.833 bits per heavy atom. The molecule has 0 saturated carbocycles. The largest absolute Gasteiger partial charge is 0.272 e. The zero-order chi connectivity index (χ0) is 17.9. The molecular formula is C18H20N2O4. The van der Waals surface area contributed by atoms with E-state index in [4.69, 9.17) is 0 Å². The van der Waals surface area contributed by atoms with E-state index in [0.29, 0.717) is 24.0 Å². The maximum atomic E-state index is 11.1. The Hall–Kier alpha value is -2.76. The summed E-state index contributed by atoms with van der Waals surface area (Å²) < 4.78 is 0. The molecule has 0 aliphatic heterocycles. The fourth-order valence-corrected chi connectivity index (χ4v) is 2.86. The summed E-state index contributed by atoms with van der Waals surface area (Å²) in [6.07, 6.45) is 1.16. The topological polar surface area (TPSA) is 86.3 Å². The number of rotatable bonds is 6. The lowest BCUT2D eigenvalue weighted by molar-refractivity contribution is -0.385. The Morgan fingerprint density at radius 3 is 1.50 bits per heavy atom. The molecule has 2 aromatic carbocycles. The summed E-state index contributed by atoms with van der Waals surface area (Å²) in [5.74, 6) is 0.00204. The highest BCUT2D eigenvalue weighted by molar-refractivity contribution is 5.48. The predicted octanol–water partition coefficient (Wildman–Crippen LogP) is 4.78. The monoisotopic (exact) mass is 328 g/mol. The maximum Gasteiger partial charge on any atom is 0.272 e. The van der Waals surface area contributed by atoms with Gasteiger partial charge in [-0.1, -0.05) is 32.9 Å². The molecule has 0 atom stereocenters. The number of hydrogen-bond donors (Lipinski definition) is 0. The normalized spacial score (nSPS) is 10.8. The van der Waals surface area contributed by atoms with Crippen LogP contribution in [0, 0.1) is 20.2 Å². The number of nitro benzene ring substituents is 2. The van der Waals surface area contributed by atoms with Crippen molar-refractivity contribution in [2.45, 2.75) is 39.5 Å². The van der Waals surface area contributed by atoms with Crippen LogP contribution in [0.4, 0.5) is 11.4 Å². The standard InChI is InChI=1S/C18H20N2O4/c1-4-13-10-15(6-8-17(13)19(21)22)12(3)16-7-9-18(20(23)24)14(5-2)11-16/h6-12H,4-5H2,1-3H3. The van der Waals surface area contributed by atoms with Gasteiger partial charge in [0.2, 0.25) is 0 Å². The molecule has 6 nitrogen and oxygen atoms in total. The van der Waals surface area contributed by atoms with Crippen LogP contribution in [-0.2, 0) is 12.8 Å². The lowest BCUT2D eigenvalue weighted by atomic mass is 9.89. The van der Waals surface area contributed by atoms with Crippen molar-refractivity contribution in [3.05, 3.63) is 78.9 Å². The minimum Gasteiger partial charge on any atom is -0.258 e. The summed E-state index contributed by atoms with van der Waals surface area (Å²) in [6, 6.07) is 10.3. The second-order valence-corrected chi connectivity index (χ2v) is 5.72. The van der Waals surface area contributed by atoms with E-state index in [0.717, 1.165) is 11.1 Å². The van der Waals surface area contributed by atoms with Gasteiger partial charge in [-0.15, -0.1) is 0 Å². The first-order valence-corrected chi connectivity index (χ1v) is 7.93. The van der Waals surface area contributed by atoms with E-state index in [2.05, 4.69) is 0 Å². The summed E-state index contributed by atoms with van der Waals surface area (Å²) in [5, 5.41) is 22.1. The number of nitrogens with zero attached hydrogens (tertiary/aromatic N) is 2. The van der Waals surface area contributed by atoms with E-state index in [1.54, 1.807) is 12.1 Å². The van der Waals surface area contributed by atoms with Gasteiger partial charge < -0.3 is 0 Å². The Labute approximate surface area is 140 Å². The smallest absolute Gasteiger partial charge is 0.258 e. The van der Waals surface area contributed by atoms with Crippen molar-refractivity contribution < 1.29 is 9.85 Å². The van der Waals surface area contributed by atoms with Crippen LogP contribution in [0.2, 0.25) is 0 Å². The molecule has 0 aromatic heterocycles. The SMILES string of the molecule is CCc1cc(C(C)c2ccc([N+](=O)[O-])c(CC)c2)ccc1[N+](=O)[O-]. The van der Waals surface area contributed by atoms with Crippen LogP contribution < -0.4 is 0 Å². The predicted molar refractivity (Wildman–Crippen MR) is 92.5 cm³/mol. The van der Waals surface area contributed by atoms with Gasteiger partial charge in [-0.2, -0.15) is 0 Å². The Kier molecular flexibility index (Phi) is 5.28. The zero-order valence-electron chi connectivity index (χ0n) is 14.0. The minimum atomic E-state index is -0.367. The van der Waals surface area contributed by atoms with Crippen LogP contribution in [0.15, 0.2) is 36.4 Å². The molecule has 0 amide bonds.